The van der Waals surface area contributed by atoms with E-state index in [0.717, 1.165) is 16.5 Å². The minimum atomic E-state index is -0.0875. The zero-order valence-electron chi connectivity index (χ0n) is 11.3. The van der Waals surface area contributed by atoms with Crippen LogP contribution in [-0.4, -0.2) is 35.8 Å². The SMILES string of the molecule is CN(C)c1noc([C@@H]2CCO[C@H]2c2cncc(Br)c2)n1. The number of nitrogens with zero attached hydrogens (tertiary/aromatic N) is 4. The summed E-state index contributed by atoms with van der Waals surface area (Å²) in [6.07, 6.45) is 4.35. The standard InChI is InChI=1S/C13H15BrN4O2/c1-18(2)13-16-12(20-17-13)10-3-4-19-11(10)8-5-9(14)7-15-6-8/h5-7,10-11H,3-4H2,1-2H3/t10-,11+/m1/s1. The van der Waals surface area contributed by atoms with Gasteiger partial charge in [0.15, 0.2) is 0 Å². The van der Waals surface area contributed by atoms with Crippen molar-refractivity contribution in [1.82, 2.24) is 15.1 Å². The number of aromatic nitrogens is 3. The zero-order chi connectivity index (χ0) is 14.1. The third kappa shape index (κ3) is 2.55. The third-order valence-electron chi connectivity index (χ3n) is 3.29. The summed E-state index contributed by atoms with van der Waals surface area (Å²) in [5, 5.41) is 3.97. The summed E-state index contributed by atoms with van der Waals surface area (Å²) >= 11 is 3.43. The Hall–Kier alpha value is -1.47. The van der Waals surface area contributed by atoms with Gasteiger partial charge in [-0.2, -0.15) is 4.98 Å². The van der Waals surface area contributed by atoms with Gasteiger partial charge in [0.2, 0.25) is 5.89 Å². The number of halogens is 1. The van der Waals surface area contributed by atoms with E-state index < -0.39 is 0 Å². The van der Waals surface area contributed by atoms with Crippen molar-refractivity contribution < 1.29 is 9.26 Å². The Morgan fingerprint density at radius 3 is 2.90 bits per heavy atom. The number of rotatable bonds is 3. The van der Waals surface area contributed by atoms with E-state index in [2.05, 4.69) is 31.1 Å². The number of pyridine rings is 1. The molecule has 0 saturated carbocycles. The maximum atomic E-state index is 5.83. The molecule has 7 heteroatoms. The lowest BCUT2D eigenvalue weighted by Crippen LogP contribution is -2.11. The monoisotopic (exact) mass is 338 g/mol. The largest absolute Gasteiger partial charge is 0.373 e. The Labute approximate surface area is 125 Å². The maximum absolute atomic E-state index is 5.83. The van der Waals surface area contributed by atoms with Gasteiger partial charge >= 0.3 is 0 Å². The minimum absolute atomic E-state index is 0.0762. The van der Waals surface area contributed by atoms with Crippen LogP contribution < -0.4 is 4.90 Å². The fourth-order valence-corrected chi connectivity index (χ4v) is 2.70. The number of hydrogen-bond donors (Lipinski definition) is 0. The lowest BCUT2D eigenvalue weighted by atomic mass is 9.96. The molecule has 0 N–H and O–H groups in total. The molecule has 106 valence electrons. The number of anilines is 1. The first kappa shape index (κ1) is 13.5. The van der Waals surface area contributed by atoms with Crippen LogP contribution in [0.4, 0.5) is 5.95 Å². The predicted octanol–water partition coefficient (Wildman–Crippen LogP) is 2.54. The molecule has 3 rings (SSSR count). The molecule has 1 aliphatic rings. The molecule has 0 amide bonds. The summed E-state index contributed by atoms with van der Waals surface area (Å²) in [6, 6.07) is 2.01. The average molecular weight is 339 g/mol. The summed E-state index contributed by atoms with van der Waals surface area (Å²) < 4.78 is 12.1. The highest BCUT2D eigenvalue weighted by Crippen LogP contribution is 2.41. The molecule has 1 fully saturated rings. The van der Waals surface area contributed by atoms with Gasteiger partial charge in [-0.05, 0) is 33.6 Å². The summed E-state index contributed by atoms with van der Waals surface area (Å²) in [6.45, 7) is 0.682. The molecule has 0 aromatic carbocycles. The van der Waals surface area contributed by atoms with E-state index in [9.17, 15) is 0 Å². The van der Waals surface area contributed by atoms with Crippen molar-refractivity contribution in [3.8, 4) is 0 Å². The fourth-order valence-electron chi connectivity index (χ4n) is 2.31. The Morgan fingerprint density at radius 2 is 2.20 bits per heavy atom. The van der Waals surface area contributed by atoms with E-state index in [4.69, 9.17) is 9.26 Å². The lowest BCUT2D eigenvalue weighted by Gasteiger charge is -2.15. The Morgan fingerprint density at radius 1 is 1.35 bits per heavy atom. The minimum Gasteiger partial charge on any atom is -0.373 e. The average Bonchev–Trinajstić information content (AvgIpc) is 3.07. The van der Waals surface area contributed by atoms with Crippen molar-refractivity contribution in [2.24, 2.45) is 0 Å². The molecule has 6 nitrogen and oxygen atoms in total. The first-order valence-corrected chi connectivity index (χ1v) is 7.17. The molecular formula is C13H15BrN4O2. The van der Waals surface area contributed by atoms with Crippen molar-refractivity contribution in [1.29, 1.82) is 0 Å². The topological polar surface area (TPSA) is 64.3 Å². The quantitative estimate of drug-likeness (QED) is 0.856. The summed E-state index contributed by atoms with van der Waals surface area (Å²) in [5.74, 6) is 1.28. The van der Waals surface area contributed by atoms with Crippen molar-refractivity contribution in [3.05, 3.63) is 34.4 Å². The molecule has 0 bridgehead atoms. The molecule has 2 aromatic heterocycles. The second-order valence-corrected chi connectivity index (χ2v) is 5.87. The van der Waals surface area contributed by atoms with Crippen molar-refractivity contribution in [3.63, 3.8) is 0 Å². The molecule has 2 aromatic rings. The highest BCUT2D eigenvalue weighted by atomic mass is 79.9. The second kappa shape index (κ2) is 5.49. The molecule has 1 saturated heterocycles. The van der Waals surface area contributed by atoms with Gasteiger partial charge in [0.05, 0.1) is 12.0 Å². The van der Waals surface area contributed by atoms with Crippen LogP contribution in [0.15, 0.2) is 27.5 Å². The van der Waals surface area contributed by atoms with E-state index in [0.29, 0.717) is 18.4 Å². The van der Waals surface area contributed by atoms with E-state index in [-0.39, 0.29) is 12.0 Å². The van der Waals surface area contributed by atoms with Gasteiger partial charge in [-0.15, -0.1) is 0 Å². The second-order valence-electron chi connectivity index (χ2n) is 4.95. The van der Waals surface area contributed by atoms with Crippen LogP contribution in [0.1, 0.15) is 29.9 Å². The van der Waals surface area contributed by atoms with Crippen LogP contribution in [0.25, 0.3) is 0 Å². The molecule has 0 spiro atoms. The van der Waals surface area contributed by atoms with E-state index in [1.165, 1.54) is 0 Å². The molecule has 1 aliphatic heterocycles. The summed E-state index contributed by atoms with van der Waals surface area (Å²) in [7, 11) is 3.77. The number of hydrogen-bond acceptors (Lipinski definition) is 6. The zero-order valence-corrected chi connectivity index (χ0v) is 12.9. The van der Waals surface area contributed by atoms with Crippen LogP contribution in [0.5, 0.6) is 0 Å². The van der Waals surface area contributed by atoms with Crippen molar-refractivity contribution >= 4 is 21.9 Å². The maximum Gasteiger partial charge on any atom is 0.265 e. The summed E-state index contributed by atoms with van der Waals surface area (Å²) in [4.78, 5) is 10.4. The Balaban J connectivity index is 1.88. The first-order valence-electron chi connectivity index (χ1n) is 6.38. The third-order valence-corrected chi connectivity index (χ3v) is 3.73. The van der Waals surface area contributed by atoms with Gasteiger partial charge in [0.1, 0.15) is 0 Å². The smallest absolute Gasteiger partial charge is 0.265 e. The first-order chi connectivity index (χ1) is 9.65. The van der Waals surface area contributed by atoms with E-state index >= 15 is 0 Å². The van der Waals surface area contributed by atoms with Crippen LogP contribution >= 0.6 is 15.9 Å². The lowest BCUT2D eigenvalue weighted by molar-refractivity contribution is 0.0983. The van der Waals surface area contributed by atoms with Gasteiger partial charge < -0.3 is 14.2 Å². The molecule has 20 heavy (non-hydrogen) atoms. The normalized spacial score (nSPS) is 22.1. The Kier molecular flexibility index (Phi) is 3.71. The molecule has 0 aliphatic carbocycles. The van der Waals surface area contributed by atoms with Crippen LogP contribution in [0.2, 0.25) is 0 Å². The van der Waals surface area contributed by atoms with Crippen LogP contribution in [0, 0.1) is 0 Å². The van der Waals surface area contributed by atoms with Gasteiger partial charge in [-0.1, -0.05) is 0 Å². The fraction of sp³-hybridized carbons (Fsp3) is 0.462. The van der Waals surface area contributed by atoms with Gasteiger partial charge in [0.25, 0.3) is 5.95 Å². The molecule has 0 unspecified atom stereocenters. The highest BCUT2D eigenvalue weighted by Gasteiger charge is 2.35. The predicted molar refractivity (Wildman–Crippen MR) is 76.6 cm³/mol. The van der Waals surface area contributed by atoms with Crippen LogP contribution in [0.3, 0.4) is 0 Å². The van der Waals surface area contributed by atoms with E-state index in [1.54, 1.807) is 6.20 Å². The van der Waals surface area contributed by atoms with E-state index in [1.807, 2.05) is 31.3 Å². The molecule has 2 atom stereocenters. The molecular weight excluding hydrogens is 324 g/mol. The highest BCUT2D eigenvalue weighted by molar-refractivity contribution is 9.10. The van der Waals surface area contributed by atoms with Gasteiger partial charge in [-0.25, -0.2) is 0 Å². The molecule has 3 heterocycles. The van der Waals surface area contributed by atoms with Crippen molar-refractivity contribution in [2.75, 3.05) is 25.6 Å². The van der Waals surface area contributed by atoms with Gasteiger partial charge in [-0.3, -0.25) is 4.98 Å². The molecule has 0 radical (unpaired) electrons. The summed E-state index contributed by atoms with van der Waals surface area (Å²) in [5.41, 5.74) is 1.02. The van der Waals surface area contributed by atoms with Crippen LogP contribution in [-0.2, 0) is 4.74 Å². The van der Waals surface area contributed by atoms with Gasteiger partial charge in [0, 0.05) is 43.1 Å². The number of ether oxygens (including phenoxy) is 1. The Bertz CT molecular complexity index is 602. The van der Waals surface area contributed by atoms with Crippen molar-refractivity contribution in [2.45, 2.75) is 18.4 Å².